The Morgan fingerprint density at radius 1 is 1.04 bits per heavy atom. The number of H-pyrrole nitrogens is 1. The number of pyridine rings is 1. The zero-order chi connectivity index (χ0) is 16.4. The van der Waals surface area contributed by atoms with Gasteiger partial charge < -0.3 is 10.3 Å². The molecule has 0 saturated heterocycles. The molecule has 2 aromatic heterocycles. The van der Waals surface area contributed by atoms with Gasteiger partial charge in [-0.2, -0.15) is 0 Å². The van der Waals surface area contributed by atoms with Crippen LogP contribution in [-0.2, 0) is 11.2 Å². The van der Waals surface area contributed by atoms with E-state index in [0.717, 1.165) is 23.0 Å². The number of carbonyl (C=O) groups excluding carboxylic acids is 1. The molecular weight excluding hydrogens is 300 g/mol. The van der Waals surface area contributed by atoms with Gasteiger partial charge in [0.05, 0.1) is 0 Å². The van der Waals surface area contributed by atoms with E-state index in [1.54, 1.807) is 12.3 Å². The third kappa shape index (κ3) is 2.84. The van der Waals surface area contributed by atoms with Crippen molar-refractivity contribution in [2.24, 2.45) is 4.99 Å². The summed E-state index contributed by atoms with van der Waals surface area (Å²) in [6.07, 6.45) is 6.94. The largest absolute Gasteiger partial charge is 0.346 e. The van der Waals surface area contributed by atoms with Crippen molar-refractivity contribution in [1.29, 1.82) is 0 Å². The highest BCUT2D eigenvalue weighted by Gasteiger charge is 2.20. The molecule has 0 spiro atoms. The summed E-state index contributed by atoms with van der Waals surface area (Å²) < 4.78 is 0. The van der Waals surface area contributed by atoms with Crippen molar-refractivity contribution in [3.63, 3.8) is 0 Å². The van der Waals surface area contributed by atoms with Crippen LogP contribution in [0.2, 0.25) is 0 Å². The number of aromatic amines is 1. The van der Waals surface area contributed by atoms with Crippen molar-refractivity contribution in [3.8, 4) is 0 Å². The Bertz CT molecular complexity index is 954. The van der Waals surface area contributed by atoms with Gasteiger partial charge in [-0.05, 0) is 30.2 Å². The third-order valence-corrected chi connectivity index (χ3v) is 4.01. The molecule has 5 nitrogen and oxygen atoms in total. The molecule has 0 fully saturated rings. The summed E-state index contributed by atoms with van der Waals surface area (Å²) >= 11 is 0. The van der Waals surface area contributed by atoms with Crippen LogP contribution < -0.4 is 5.32 Å². The van der Waals surface area contributed by atoms with E-state index in [-0.39, 0.29) is 5.91 Å². The summed E-state index contributed by atoms with van der Waals surface area (Å²) in [5, 5.41) is 3.83. The second kappa shape index (κ2) is 6.12. The topological polar surface area (TPSA) is 70.1 Å². The number of aryl methyl sites for hydroxylation is 1. The molecule has 3 aromatic rings. The van der Waals surface area contributed by atoms with E-state index in [1.807, 2.05) is 36.5 Å². The number of rotatable bonds is 4. The maximum absolute atomic E-state index is 12.1. The van der Waals surface area contributed by atoms with Crippen LogP contribution in [-0.4, -0.2) is 21.7 Å². The third-order valence-electron chi connectivity index (χ3n) is 4.01. The molecular formula is C19H16N4O. The molecule has 1 aromatic carbocycles. The molecule has 0 atom stereocenters. The molecule has 2 N–H and O–H groups in total. The van der Waals surface area contributed by atoms with E-state index < -0.39 is 0 Å². The zero-order valence-corrected chi connectivity index (χ0v) is 13.0. The number of fused-ring (bicyclic) bond motifs is 1. The van der Waals surface area contributed by atoms with Crippen LogP contribution in [0.1, 0.15) is 17.5 Å². The van der Waals surface area contributed by atoms with E-state index in [0.29, 0.717) is 18.0 Å². The number of aromatic nitrogens is 2. The lowest BCUT2D eigenvalue weighted by Gasteiger charge is -2.00. The first-order valence-corrected chi connectivity index (χ1v) is 7.86. The minimum absolute atomic E-state index is 0.156. The van der Waals surface area contributed by atoms with Crippen LogP contribution in [0, 0.1) is 0 Å². The highest BCUT2D eigenvalue weighted by atomic mass is 16.2. The van der Waals surface area contributed by atoms with Crippen LogP contribution in [0.3, 0.4) is 0 Å². The van der Waals surface area contributed by atoms with Crippen LogP contribution in [0.5, 0.6) is 0 Å². The average Bonchev–Trinajstić information content (AvgIpc) is 3.18. The maximum Gasteiger partial charge on any atom is 0.275 e. The van der Waals surface area contributed by atoms with E-state index in [2.05, 4.69) is 32.4 Å². The number of amidine groups is 1. The van der Waals surface area contributed by atoms with Gasteiger partial charge in [-0.25, -0.2) is 9.98 Å². The van der Waals surface area contributed by atoms with Gasteiger partial charge in [0.15, 0.2) is 0 Å². The second-order valence-electron chi connectivity index (χ2n) is 5.67. The lowest BCUT2D eigenvalue weighted by Crippen LogP contribution is -2.24. The number of hydrogen-bond acceptors (Lipinski definition) is 3. The minimum Gasteiger partial charge on any atom is -0.346 e. The molecule has 0 radical (unpaired) electrons. The first kappa shape index (κ1) is 14.4. The molecule has 4 rings (SSSR count). The van der Waals surface area contributed by atoms with Crippen LogP contribution in [0.25, 0.3) is 17.1 Å². The number of nitrogens with one attached hydrogen (secondary N) is 2. The average molecular weight is 316 g/mol. The molecule has 118 valence electrons. The Kier molecular flexibility index (Phi) is 3.67. The second-order valence-corrected chi connectivity index (χ2v) is 5.67. The molecule has 5 heteroatoms. The quantitative estimate of drug-likeness (QED) is 0.726. The standard InChI is InChI=1S/C19H16N4O/c24-19-16(11-14-12-21-18-15(14)7-4-10-20-18)22-17(23-19)9-8-13-5-2-1-3-6-13/h1-7,10-12H,8-9H2,(H,20,21)(H,22,23,24). The monoisotopic (exact) mass is 316 g/mol. The van der Waals surface area contributed by atoms with Crippen LogP contribution in [0.4, 0.5) is 0 Å². The van der Waals surface area contributed by atoms with Crippen molar-refractivity contribution in [2.45, 2.75) is 12.8 Å². The van der Waals surface area contributed by atoms with Crippen molar-refractivity contribution >= 4 is 28.9 Å². The van der Waals surface area contributed by atoms with Gasteiger partial charge in [-0.1, -0.05) is 30.3 Å². The normalized spacial score (nSPS) is 15.8. The lowest BCUT2D eigenvalue weighted by molar-refractivity contribution is -0.115. The van der Waals surface area contributed by atoms with Gasteiger partial charge in [0.1, 0.15) is 17.2 Å². The summed E-state index contributed by atoms with van der Waals surface area (Å²) in [6, 6.07) is 14.0. The Morgan fingerprint density at radius 2 is 1.92 bits per heavy atom. The highest BCUT2D eigenvalue weighted by Crippen LogP contribution is 2.20. The number of hydrogen-bond donors (Lipinski definition) is 2. The SMILES string of the molecule is O=C1NC(CCc2ccccc2)=NC1=Cc1c[nH]c2ncccc12. The minimum atomic E-state index is -0.156. The molecule has 24 heavy (non-hydrogen) atoms. The number of nitrogens with zero attached hydrogens (tertiary/aromatic N) is 2. The van der Waals surface area contributed by atoms with Crippen LogP contribution in [0.15, 0.2) is 65.5 Å². The number of benzene rings is 1. The maximum atomic E-state index is 12.1. The molecule has 0 aliphatic carbocycles. The van der Waals surface area contributed by atoms with Crippen molar-refractivity contribution in [3.05, 3.63) is 71.7 Å². The Balaban J connectivity index is 1.55. The van der Waals surface area contributed by atoms with Crippen molar-refractivity contribution < 1.29 is 4.79 Å². The summed E-state index contributed by atoms with van der Waals surface area (Å²) in [4.78, 5) is 23.9. The van der Waals surface area contributed by atoms with Gasteiger partial charge in [0, 0.05) is 29.8 Å². The van der Waals surface area contributed by atoms with E-state index in [1.165, 1.54) is 5.56 Å². The van der Waals surface area contributed by atoms with Gasteiger partial charge in [-0.15, -0.1) is 0 Å². The predicted molar refractivity (Wildman–Crippen MR) is 94.4 cm³/mol. The zero-order valence-electron chi connectivity index (χ0n) is 13.0. The number of amides is 1. The molecule has 0 saturated carbocycles. The molecule has 0 unspecified atom stereocenters. The number of aliphatic imine (C=N–C) groups is 1. The molecule has 1 amide bonds. The van der Waals surface area contributed by atoms with Gasteiger partial charge in [0.2, 0.25) is 0 Å². The molecule has 1 aliphatic heterocycles. The first-order chi connectivity index (χ1) is 11.8. The Labute approximate surface area is 139 Å². The predicted octanol–water partition coefficient (Wildman–Crippen LogP) is 3.06. The van der Waals surface area contributed by atoms with Gasteiger partial charge in [0.25, 0.3) is 5.91 Å². The Morgan fingerprint density at radius 3 is 2.79 bits per heavy atom. The summed E-state index contributed by atoms with van der Waals surface area (Å²) in [5.41, 5.74) is 3.38. The molecule has 0 bridgehead atoms. The first-order valence-electron chi connectivity index (χ1n) is 7.86. The summed E-state index contributed by atoms with van der Waals surface area (Å²) in [7, 11) is 0. The van der Waals surface area contributed by atoms with Gasteiger partial charge in [-0.3, -0.25) is 4.79 Å². The summed E-state index contributed by atoms with van der Waals surface area (Å²) in [5.74, 6) is 0.560. The summed E-state index contributed by atoms with van der Waals surface area (Å²) in [6.45, 7) is 0. The van der Waals surface area contributed by atoms with Crippen LogP contribution >= 0.6 is 0 Å². The van der Waals surface area contributed by atoms with Crippen molar-refractivity contribution in [1.82, 2.24) is 15.3 Å². The lowest BCUT2D eigenvalue weighted by atomic mass is 10.1. The smallest absolute Gasteiger partial charge is 0.275 e. The van der Waals surface area contributed by atoms with Gasteiger partial charge >= 0.3 is 0 Å². The van der Waals surface area contributed by atoms with E-state index >= 15 is 0 Å². The van der Waals surface area contributed by atoms with E-state index in [9.17, 15) is 4.79 Å². The van der Waals surface area contributed by atoms with E-state index in [4.69, 9.17) is 0 Å². The van der Waals surface area contributed by atoms with Crippen molar-refractivity contribution in [2.75, 3.05) is 0 Å². The number of carbonyl (C=O) groups is 1. The Hall–Kier alpha value is -3.21. The fourth-order valence-corrected chi connectivity index (χ4v) is 2.79. The molecule has 1 aliphatic rings. The molecule has 3 heterocycles. The highest BCUT2D eigenvalue weighted by molar-refractivity contribution is 6.14. The fraction of sp³-hybridized carbons (Fsp3) is 0.105. The fourth-order valence-electron chi connectivity index (χ4n) is 2.79.